The van der Waals surface area contributed by atoms with Gasteiger partial charge in [0.1, 0.15) is 10.6 Å². The van der Waals surface area contributed by atoms with Gasteiger partial charge in [0.25, 0.3) is 5.91 Å². The number of carbonyl (C=O) groups excluding carboxylic acids is 1. The maximum Gasteiger partial charge on any atom is 0.263 e. The van der Waals surface area contributed by atoms with E-state index >= 15 is 0 Å². The lowest BCUT2D eigenvalue weighted by Gasteiger charge is -2.30. The molecule has 30 heavy (non-hydrogen) atoms. The molecule has 0 spiro atoms. The Labute approximate surface area is 181 Å². The standard InChI is InChI=1S/C22H27N5O2S/c1-5-27(6-2)18(16-9-7-10-17(13-16)29-4)14-25-21(28)19-15(3)26-22(30-19)20-23-11-8-12-24-20/h7-13,18H,5-6,14H2,1-4H3,(H,25,28). The second-order valence-electron chi connectivity index (χ2n) is 6.73. The van der Waals surface area contributed by atoms with Crippen LogP contribution in [0.25, 0.3) is 10.8 Å². The number of rotatable bonds is 9. The van der Waals surface area contributed by atoms with Crippen molar-refractivity contribution in [3.8, 4) is 16.6 Å². The topological polar surface area (TPSA) is 80.2 Å². The van der Waals surface area contributed by atoms with Crippen LogP contribution < -0.4 is 10.1 Å². The number of amides is 1. The van der Waals surface area contributed by atoms with Crippen LogP contribution in [0.15, 0.2) is 42.7 Å². The number of thiazole rings is 1. The number of hydrogen-bond acceptors (Lipinski definition) is 7. The largest absolute Gasteiger partial charge is 0.497 e. The molecule has 0 aliphatic carbocycles. The number of aryl methyl sites for hydroxylation is 1. The van der Waals surface area contributed by atoms with Crippen molar-refractivity contribution in [2.75, 3.05) is 26.7 Å². The van der Waals surface area contributed by atoms with Crippen molar-refractivity contribution >= 4 is 17.2 Å². The van der Waals surface area contributed by atoms with Gasteiger partial charge in [0, 0.05) is 18.9 Å². The van der Waals surface area contributed by atoms with Crippen LogP contribution in [0.5, 0.6) is 5.75 Å². The minimum absolute atomic E-state index is 0.0456. The number of benzene rings is 1. The molecule has 0 bridgehead atoms. The fraction of sp³-hybridized carbons (Fsp3) is 0.364. The predicted molar refractivity (Wildman–Crippen MR) is 119 cm³/mol. The summed E-state index contributed by atoms with van der Waals surface area (Å²) in [5.41, 5.74) is 1.79. The zero-order valence-corrected chi connectivity index (χ0v) is 18.6. The van der Waals surface area contributed by atoms with Gasteiger partial charge in [-0.1, -0.05) is 26.0 Å². The molecule has 1 N–H and O–H groups in total. The summed E-state index contributed by atoms with van der Waals surface area (Å²) < 4.78 is 5.38. The van der Waals surface area contributed by atoms with Gasteiger partial charge in [-0.15, -0.1) is 11.3 Å². The minimum atomic E-state index is -0.132. The number of nitrogens with one attached hydrogen (secondary N) is 1. The van der Waals surface area contributed by atoms with Crippen LogP contribution in [-0.2, 0) is 0 Å². The van der Waals surface area contributed by atoms with E-state index in [9.17, 15) is 4.79 Å². The molecular formula is C22H27N5O2S. The van der Waals surface area contributed by atoms with Crippen LogP contribution in [0.1, 0.15) is 40.8 Å². The Balaban J connectivity index is 1.78. The first-order valence-electron chi connectivity index (χ1n) is 9.98. The molecule has 0 fully saturated rings. The van der Waals surface area contributed by atoms with E-state index < -0.39 is 0 Å². The van der Waals surface area contributed by atoms with Crippen molar-refractivity contribution in [2.45, 2.75) is 26.8 Å². The van der Waals surface area contributed by atoms with E-state index in [2.05, 4.69) is 45.1 Å². The summed E-state index contributed by atoms with van der Waals surface area (Å²) in [6.45, 7) is 8.33. The van der Waals surface area contributed by atoms with E-state index in [1.807, 2.05) is 25.1 Å². The normalized spacial score (nSPS) is 12.0. The third-order valence-electron chi connectivity index (χ3n) is 4.95. The first-order chi connectivity index (χ1) is 14.6. The molecule has 0 aliphatic heterocycles. The van der Waals surface area contributed by atoms with Crippen LogP contribution >= 0.6 is 11.3 Å². The molecule has 158 valence electrons. The van der Waals surface area contributed by atoms with E-state index in [0.717, 1.165) is 24.4 Å². The Kier molecular flexibility index (Phi) is 7.48. The van der Waals surface area contributed by atoms with Crippen LogP contribution in [-0.4, -0.2) is 52.5 Å². The summed E-state index contributed by atoms with van der Waals surface area (Å²) >= 11 is 1.31. The number of ether oxygens (including phenoxy) is 1. The fourth-order valence-corrected chi connectivity index (χ4v) is 4.28. The molecular weight excluding hydrogens is 398 g/mol. The summed E-state index contributed by atoms with van der Waals surface area (Å²) in [5.74, 6) is 1.20. The molecule has 7 nitrogen and oxygen atoms in total. The monoisotopic (exact) mass is 425 g/mol. The lowest BCUT2D eigenvalue weighted by Crippen LogP contribution is -2.38. The first kappa shape index (κ1) is 21.9. The zero-order valence-electron chi connectivity index (χ0n) is 17.8. The molecule has 1 amide bonds. The molecule has 0 saturated carbocycles. The third-order valence-corrected chi connectivity index (χ3v) is 6.10. The van der Waals surface area contributed by atoms with Crippen LogP contribution in [0.3, 0.4) is 0 Å². The molecule has 0 radical (unpaired) electrons. The van der Waals surface area contributed by atoms with Crippen molar-refractivity contribution < 1.29 is 9.53 Å². The highest BCUT2D eigenvalue weighted by molar-refractivity contribution is 7.17. The van der Waals surface area contributed by atoms with E-state index in [1.54, 1.807) is 25.6 Å². The number of aromatic nitrogens is 3. The Hall–Kier alpha value is -2.84. The van der Waals surface area contributed by atoms with E-state index in [4.69, 9.17) is 4.74 Å². The van der Waals surface area contributed by atoms with Gasteiger partial charge >= 0.3 is 0 Å². The van der Waals surface area contributed by atoms with Gasteiger partial charge in [-0.05, 0) is 43.8 Å². The Morgan fingerprint density at radius 3 is 2.60 bits per heavy atom. The van der Waals surface area contributed by atoms with Crippen molar-refractivity contribution in [1.82, 2.24) is 25.2 Å². The number of nitrogens with zero attached hydrogens (tertiary/aromatic N) is 4. The van der Waals surface area contributed by atoms with Crippen LogP contribution in [0.2, 0.25) is 0 Å². The van der Waals surface area contributed by atoms with Gasteiger partial charge in [0.2, 0.25) is 0 Å². The smallest absolute Gasteiger partial charge is 0.263 e. The van der Waals surface area contributed by atoms with Gasteiger partial charge < -0.3 is 10.1 Å². The summed E-state index contributed by atoms with van der Waals surface area (Å²) in [6.07, 6.45) is 3.34. The van der Waals surface area contributed by atoms with E-state index in [0.29, 0.717) is 27.9 Å². The first-order valence-corrected chi connectivity index (χ1v) is 10.8. The van der Waals surface area contributed by atoms with Crippen molar-refractivity contribution in [1.29, 1.82) is 0 Å². The molecule has 3 aromatic rings. The lowest BCUT2D eigenvalue weighted by atomic mass is 10.0. The maximum atomic E-state index is 12.9. The lowest BCUT2D eigenvalue weighted by molar-refractivity contribution is 0.0938. The Bertz CT molecular complexity index is 973. The highest BCUT2D eigenvalue weighted by Gasteiger charge is 2.22. The van der Waals surface area contributed by atoms with Crippen LogP contribution in [0, 0.1) is 6.92 Å². The average molecular weight is 426 g/mol. The van der Waals surface area contributed by atoms with Gasteiger partial charge in [-0.25, -0.2) is 15.0 Å². The van der Waals surface area contributed by atoms with Crippen molar-refractivity contribution in [3.63, 3.8) is 0 Å². The fourth-order valence-electron chi connectivity index (χ4n) is 3.35. The predicted octanol–water partition coefficient (Wildman–Crippen LogP) is 3.73. The second-order valence-corrected chi connectivity index (χ2v) is 7.73. The zero-order chi connectivity index (χ0) is 21.5. The molecule has 3 rings (SSSR count). The molecule has 1 unspecified atom stereocenters. The Morgan fingerprint density at radius 2 is 1.93 bits per heavy atom. The third kappa shape index (κ3) is 5.01. The summed E-state index contributed by atoms with van der Waals surface area (Å²) in [5, 5.41) is 3.74. The number of carbonyl (C=O) groups is 1. The molecule has 1 atom stereocenters. The molecule has 2 heterocycles. The number of likely N-dealkylation sites (N-methyl/N-ethyl adjacent to an activating group) is 1. The molecule has 0 saturated heterocycles. The van der Waals surface area contributed by atoms with Crippen molar-refractivity contribution in [3.05, 3.63) is 58.9 Å². The minimum Gasteiger partial charge on any atom is -0.497 e. The molecule has 0 aliphatic rings. The average Bonchev–Trinajstić information content (AvgIpc) is 3.18. The van der Waals surface area contributed by atoms with E-state index in [1.165, 1.54) is 11.3 Å². The quantitative estimate of drug-likeness (QED) is 0.563. The molecule has 2 aromatic heterocycles. The number of methoxy groups -OCH3 is 1. The Morgan fingerprint density at radius 1 is 1.20 bits per heavy atom. The highest BCUT2D eigenvalue weighted by atomic mass is 32.1. The summed E-state index contributed by atoms with van der Waals surface area (Å²) in [7, 11) is 1.66. The summed E-state index contributed by atoms with van der Waals surface area (Å²) in [6, 6.07) is 9.80. The number of hydrogen-bond donors (Lipinski definition) is 1. The van der Waals surface area contributed by atoms with Crippen LogP contribution in [0.4, 0.5) is 0 Å². The van der Waals surface area contributed by atoms with E-state index in [-0.39, 0.29) is 11.9 Å². The van der Waals surface area contributed by atoms with Crippen molar-refractivity contribution in [2.24, 2.45) is 0 Å². The molecule has 8 heteroatoms. The summed E-state index contributed by atoms with van der Waals surface area (Å²) in [4.78, 5) is 28.8. The molecule has 1 aromatic carbocycles. The van der Waals surface area contributed by atoms with Gasteiger partial charge in [0.15, 0.2) is 10.8 Å². The van der Waals surface area contributed by atoms with Gasteiger partial charge in [0.05, 0.1) is 18.8 Å². The maximum absolute atomic E-state index is 12.9. The second kappa shape index (κ2) is 10.3. The highest BCUT2D eigenvalue weighted by Crippen LogP contribution is 2.26. The SMILES string of the molecule is CCN(CC)C(CNC(=O)c1sc(-c2ncccn2)nc1C)c1cccc(OC)c1. The van der Waals surface area contributed by atoms with Gasteiger partial charge in [-0.3, -0.25) is 9.69 Å². The van der Waals surface area contributed by atoms with Gasteiger partial charge in [-0.2, -0.15) is 0 Å².